The Labute approximate surface area is 133 Å². The van der Waals surface area contributed by atoms with Gasteiger partial charge in [-0.15, -0.1) is 0 Å². The van der Waals surface area contributed by atoms with Gasteiger partial charge in [0.05, 0.1) is 11.4 Å². The molecule has 1 aliphatic carbocycles. The summed E-state index contributed by atoms with van der Waals surface area (Å²) in [5.41, 5.74) is 4.48. The number of aromatic nitrogens is 3. The van der Waals surface area contributed by atoms with E-state index in [0.29, 0.717) is 5.92 Å². The molecule has 0 radical (unpaired) electrons. The van der Waals surface area contributed by atoms with E-state index in [1.165, 1.54) is 24.1 Å². The van der Waals surface area contributed by atoms with E-state index in [0.717, 1.165) is 39.2 Å². The molecule has 0 atom stereocenters. The lowest BCUT2D eigenvalue weighted by molar-refractivity contribution is 0.755. The van der Waals surface area contributed by atoms with Crippen LogP contribution in [0.3, 0.4) is 0 Å². The van der Waals surface area contributed by atoms with Crippen LogP contribution in [-0.4, -0.2) is 15.0 Å². The number of pyridine rings is 1. The molecule has 0 unspecified atom stereocenters. The lowest BCUT2D eigenvalue weighted by atomic mass is 10.1. The van der Waals surface area contributed by atoms with E-state index in [4.69, 9.17) is 9.97 Å². The van der Waals surface area contributed by atoms with Gasteiger partial charge < -0.3 is 5.32 Å². The Hall–Kier alpha value is -0.850. The Morgan fingerprint density at radius 1 is 1.15 bits per heavy atom. The van der Waals surface area contributed by atoms with Crippen molar-refractivity contribution < 1.29 is 0 Å². The summed E-state index contributed by atoms with van der Waals surface area (Å²) in [5.74, 6) is 1.35. The van der Waals surface area contributed by atoms with Crippen molar-refractivity contribution in [2.45, 2.75) is 31.8 Å². The van der Waals surface area contributed by atoms with Crippen molar-refractivity contribution in [1.29, 1.82) is 0 Å². The predicted octanol–water partition coefficient (Wildman–Crippen LogP) is 3.54. The maximum atomic E-state index is 4.81. The zero-order chi connectivity index (χ0) is 13.7. The van der Waals surface area contributed by atoms with Gasteiger partial charge in [0.1, 0.15) is 5.69 Å². The third-order valence-electron chi connectivity index (χ3n) is 3.70. The van der Waals surface area contributed by atoms with E-state index in [1.54, 1.807) is 6.20 Å². The maximum Gasteiger partial charge on any atom is 0.179 e. The summed E-state index contributed by atoms with van der Waals surface area (Å²) >= 11 is 6.98. The zero-order valence-corrected chi connectivity index (χ0v) is 13.8. The first-order valence-electron chi connectivity index (χ1n) is 6.64. The summed E-state index contributed by atoms with van der Waals surface area (Å²) < 4.78 is 1.86. The second-order valence-electron chi connectivity index (χ2n) is 5.22. The number of hydrogen-bond acceptors (Lipinski definition) is 4. The Kier molecular flexibility index (Phi) is 3.12. The molecule has 4 nitrogen and oxygen atoms in total. The molecule has 0 saturated heterocycles. The minimum Gasteiger partial charge on any atom is -0.307 e. The van der Waals surface area contributed by atoms with E-state index in [-0.39, 0.29) is 0 Å². The monoisotopic (exact) mass is 394 g/mol. The molecule has 1 saturated carbocycles. The second kappa shape index (κ2) is 4.86. The van der Waals surface area contributed by atoms with Gasteiger partial charge in [0, 0.05) is 39.7 Å². The molecule has 1 N–H and O–H groups in total. The predicted molar refractivity (Wildman–Crippen MR) is 83.2 cm³/mol. The topological polar surface area (TPSA) is 50.7 Å². The van der Waals surface area contributed by atoms with Gasteiger partial charge in [-0.1, -0.05) is 0 Å². The normalized spacial score (nSPS) is 17.3. The van der Waals surface area contributed by atoms with Gasteiger partial charge in [-0.05, 0) is 50.8 Å². The van der Waals surface area contributed by atoms with Gasteiger partial charge in [0.2, 0.25) is 0 Å². The van der Waals surface area contributed by atoms with E-state index in [2.05, 4.69) is 42.2 Å². The molecular weight excluding hydrogens is 384 g/mol. The van der Waals surface area contributed by atoms with E-state index >= 15 is 0 Å². The molecule has 0 spiro atoms. The Bertz CT molecular complexity index is 698. The van der Waals surface area contributed by atoms with E-state index in [9.17, 15) is 0 Å². The minimum absolute atomic E-state index is 0.625. The fraction of sp³-hybridized carbons (Fsp3) is 0.357. The first-order valence-corrected chi connectivity index (χ1v) is 8.23. The van der Waals surface area contributed by atoms with Crippen LogP contribution in [0.15, 0.2) is 21.2 Å². The van der Waals surface area contributed by atoms with Crippen molar-refractivity contribution in [3.63, 3.8) is 0 Å². The van der Waals surface area contributed by atoms with Gasteiger partial charge >= 0.3 is 0 Å². The molecule has 1 aliphatic heterocycles. The van der Waals surface area contributed by atoms with Crippen molar-refractivity contribution in [2.24, 2.45) is 0 Å². The molecule has 1 fully saturated rings. The maximum absolute atomic E-state index is 4.81. The number of halogens is 2. The third kappa shape index (κ3) is 2.19. The average molecular weight is 396 g/mol. The molecule has 102 valence electrons. The van der Waals surface area contributed by atoms with Crippen LogP contribution in [0.5, 0.6) is 0 Å². The van der Waals surface area contributed by atoms with Crippen LogP contribution in [0.4, 0.5) is 0 Å². The highest BCUT2D eigenvalue weighted by molar-refractivity contribution is 9.11. The highest BCUT2D eigenvalue weighted by Gasteiger charge is 2.31. The first-order chi connectivity index (χ1) is 9.72. The van der Waals surface area contributed by atoms with Crippen LogP contribution in [0.25, 0.3) is 11.5 Å². The van der Waals surface area contributed by atoms with Crippen LogP contribution >= 0.6 is 31.9 Å². The first kappa shape index (κ1) is 12.9. The fourth-order valence-electron chi connectivity index (χ4n) is 2.57. The molecule has 0 bridgehead atoms. The minimum atomic E-state index is 0.625. The molecule has 2 aromatic heterocycles. The third-order valence-corrected chi connectivity index (χ3v) is 4.74. The quantitative estimate of drug-likeness (QED) is 0.844. The Morgan fingerprint density at radius 3 is 2.75 bits per heavy atom. The number of nitrogens with zero attached hydrogens (tertiary/aromatic N) is 3. The molecule has 3 heterocycles. The van der Waals surface area contributed by atoms with Crippen molar-refractivity contribution in [2.75, 3.05) is 0 Å². The molecule has 0 aromatic carbocycles. The Balaban J connectivity index is 1.88. The standard InChI is InChI=1S/C14H12Br2N4/c15-8-3-10(16)13(18-4-8)14-19-11-6-17-5-9(11)12(20-14)7-1-2-7/h3-4,7,17H,1-2,5-6H2. The molecular formula is C14H12Br2N4. The number of fused-ring (bicyclic) bond motifs is 1. The molecule has 2 aliphatic rings. The second-order valence-corrected chi connectivity index (χ2v) is 6.99. The lowest BCUT2D eigenvalue weighted by Gasteiger charge is -2.09. The summed E-state index contributed by atoms with van der Waals surface area (Å²) in [6, 6.07) is 1.98. The van der Waals surface area contributed by atoms with Crippen LogP contribution in [-0.2, 0) is 13.1 Å². The molecule has 2 aromatic rings. The van der Waals surface area contributed by atoms with Gasteiger partial charge in [-0.2, -0.15) is 0 Å². The highest BCUT2D eigenvalue weighted by atomic mass is 79.9. The largest absolute Gasteiger partial charge is 0.307 e. The van der Waals surface area contributed by atoms with Crippen molar-refractivity contribution >= 4 is 31.9 Å². The zero-order valence-electron chi connectivity index (χ0n) is 10.7. The average Bonchev–Trinajstić information content (AvgIpc) is 3.15. The molecule has 0 amide bonds. The number of hydrogen-bond donors (Lipinski definition) is 1. The van der Waals surface area contributed by atoms with Crippen molar-refractivity contribution in [1.82, 2.24) is 20.3 Å². The summed E-state index contributed by atoms with van der Waals surface area (Å²) in [7, 11) is 0. The fourth-order valence-corrected chi connectivity index (χ4v) is 3.74. The highest BCUT2D eigenvalue weighted by Crippen LogP contribution is 2.42. The van der Waals surface area contributed by atoms with Crippen LogP contribution in [0.1, 0.15) is 35.7 Å². The number of nitrogens with one attached hydrogen (secondary N) is 1. The van der Waals surface area contributed by atoms with Gasteiger partial charge in [-0.3, -0.25) is 4.98 Å². The summed E-state index contributed by atoms with van der Waals surface area (Å²) in [4.78, 5) is 14.0. The Morgan fingerprint density at radius 2 is 2.00 bits per heavy atom. The summed E-state index contributed by atoms with van der Waals surface area (Å²) in [6.07, 6.45) is 4.28. The molecule has 20 heavy (non-hydrogen) atoms. The summed E-state index contributed by atoms with van der Waals surface area (Å²) in [6.45, 7) is 1.73. The van der Waals surface area contributed by atoms with Crippen LogP contribution < -0.4 is 5.32 Å². The van der Waals surface area contributed by atoms with Gasteiger partial charge in [-0.25, -0.2) is 9.97 Å². The van der Waals surface area contributed by atoms with Crippen LogP contribution in [0.2, 0.25) is 0 Å². The van der Waals surface area contributed by atoms with Crippen molar-refractivity contribution in [3.05, 3.63) is 38.2 Å². The molecule has 6 heteroatoms. The van der Waals surface area contributed by atoms with Gasteiger partial charge in [0.25, 0.3) is 0 Å². The molecule has 4 rings (SSSR count). The van der Waals surface area contributed by atoms with Gasteiger partial charge in [0.15, 0.2) is 5.82 Å². The van der Waals surface area contributed by atoms with E-state index in [1.807, 2.05) is 6.07 Å². The van der Waals surface area contributed by atoms with E-state index < -0.39 is 0 Å². The number of rotatable bonds is 2. The van der Waals surface area contributed by atoms with Crippen LogP contribution in [0, 0.1) is 0 Å². The smallest absolute Gasteiger partial charge is 0.179 e. The summed E-state index contributed by atoms with van der Waals surface area (Å²) in [5, 5.41) is 3.37. The SMILES string of the molecule is Brc1cnc(-c2nc3c(c(C4CC4)n2)CNC3)c(Br)c1. The lowest BCUT2D eigenvalue weighted by Crippen LogP contribution is -2.03. The van der Waals surface area contributed by atoms with Crippen molar-refractivity contribution in [3.8, 4) is 11.5 Å².